The predicted octanol–water partition coefficient (Wildman–Crippen LogP) is 4.45. The molecule has 0 spiro atoms. The van der Waals surface area contributed by atoms with Crippen LogP contribution in [0, 0.1) is 18.8 Å². The van der Waals surface area contributed by atoms with Crippen molar-refractivity contribution in [1.29, 1.82) is 0 Å². The highest BCUT2D eigenvalue weighted by Crippen LogP contribution is 2.33. The van der Waals surface area contributed by atoms with E-state index < -0.39 is 18.1 Å². The Morgan fingerprint density at radius 1 is 1.21 bits per heavy atom. The Bertz CT molecular complexity index is 1370. The first-order chi connectivity index (χ1) is 20.7. The molecule has 2 amide bonds. The van der Waals surface area contributed by atoms with E-state index in [-0.39, 0.29) is 36.7 Å². The van der Waals surface area contributed by atoms with Gasteiger partial charge in [-0.15, -0.1) is 11.3 Å². The van der Waals surface area contributed by atoms with Crippen molar-refractivity contribution < 1.29 is 24.0 Å². The lowest BCUT2D eigenvalue weighted by atomic mass is 9.91. The van der Waals surface area contributed by atoms with Gasteiger partial charge in [0.2, 0.25) is 11.8 Å². The number of β-amino-alcohol motifs (C(OH)–C–C–N with tert-alkyl or cyclic N) is 1. The summed E-state index contributed by atoms with van der Waals surface area (Å²) in [6.07, 6.45) is 2.64. The van der Waals surface area contributed by atoms with E-state index in [0.717, 1.165) is 54.0 Å². The van der Waals surface area contributed by atoms with E-state index in [0.29, 0.717) is 24.2 Å². The molecule has 10 nitrogen and oxygen atoms in total. The second-order valence-electron chi connectivity index (χ2n) is 12.1. The SMILES string of the molecule is Cc1ncsc1-c1ccc([C@H](C)NC(=O)[C@@H]2C[C@@H](O)CN2C(=O)C(c2cc(OCCC3CCNCC3)no2)C(C)C)cc1. The molecule has 2 aliphatic heterocycles. The number of piperidine rings is 1. The lowest BCUT2D eigenvalue weighted by molar-refractivity contribution is -0.141. The molecule has 0 aliphatic carbocycles. The minimum atomic E-state index is -0.784. The highest BCUT2D eigenvalue weighted by atomic mass is 32.1. The van der Waals surface area contributed by atoms with Crippen LogP contribution in [-0.2, 0) is 9.59 Å². The molecule has 4 heterocycles. The first-order valence-corrected chi connectivity index (χ1v) is 16.2. The van der Waals surface area contributed by atoms with E-state index in [1.54, 1.807) is 17.4 Å². The maximum atomic E-state index is 13.9. The molecule has 2 fully saturated rings. The van der Waals surface area contributed by atoms with Crippen LogP contribution in [-0.4, -0.2) is 70.3 Å². The monoisotopic (exact) mass is 609 g/mol. The smallest absolute Gasteiger partial charge is 0.254 e. The summed E-state index contributed by atoms with van der Waals surface area (Å²) in [6.45, 7) is 10.5. The van der Waals surface area contributed by atoms with Crippen molar-refractivity contribution in [3.05, 3.63) is 52.9 Å². The molecule has 43 heavy (non-hydrogen) atoms. The number of aryl methyl sites for hydroxylation is 1. The number of likely N-dealkylation sites (tertiary alicyclic amines) is 1. The maximum Gasteiger partial charge on any atom is 0.254 e. The first-order valence-electron chi connectivity index (χ1n) is 15.3. The van der Waals surface area contributed by atoms with E-state index >= 15 is 0 Å². The van der Waals surface area contributed by atoms with Gasteiger partial charge in [0.15, 0.2) is 5.76 Å². The fourth-order valence-corrected chi connectivity index (χ4v) is 6.91. The summed E-state index contributed by atoms with van der Waals surface area (Å²) in [7, 11) is 0. The van der Waals surface area contributed by atoms with Crippen molar-refractivity contribution in [2.45, 2.75) is 77.5 Å². The van der Waals surface area contributed by atoms with Crippen LogP contribution in [0.3, 0.4) is 0 Å². The lowest BCUT2D eigenvalue weighted by Crippen LogP contribution is -2.48. The second-order valence-corrected chi connectivity index (χ2v) is 13.0. The number of nitrogens with zero attached hydrogens (tertiary/aromatic N) is 3. The van der Waals surface area contributed by atoms with Gasteiger partial charge < -0.3 is 29.9 Å². The van der Waals surface area contributed by atoms with E-state index in [1.807, 2.05) is 57.5 Å². The number of nitrogens with one attached hydrogen (secondary N) is 2. The fourth-order valence-electron chi connectivity index (χ4n) is 6.10. The average Bonchev–Trinajstić information content (AvgIpc) is 3.73. The summed E-state index contributed by atoms with van der Waals surface area (Å²) < 4.78 is 11.5. The lowest BCUT2D eigenvalue weighted by Gasteiger charge is -2.29. The number of thiazole rings is 1. The molecule has 2 aliphatic rings. The molecule has 4 atom stereocenters. The number of benzene rings is 1. The predicted molar refractivity (Wildman–Crippen MR) is 165 cm³/mol. The number of carbonyl (C=O) groups is 2. The van der Waals surface area contributed by atoms with Crippen LogP contribution in [0.5, 0.6) is 5.88 Å². The number of rotatable bonds is 11. The average molecular weight is 610 g/mol. The Morgan fingerprint density at radius 3 is 2.63 bits per heavy atom. The third-order valence-electron chi connectivity index (χ3n) is 8.62. The van der Waals surface area contributed by atoms with Gasteiger partial charge in [-0.1, -0.05) is 38.1 Å². The zero-order valence-corrected chi connectivity index (χ0v) is 26.2. The number of aromatic nitrogens is 2. The quantitative estimate of drug-likeness (QED) is 0.291. The number of hydrogen-bond donors (Lipinski definition) is 3. The number of aliphatic hydroxyl groups is 1. The molecule has 5 rings (SSSR count). The van der Waals surface area contributed by atoms with Crippen LogP contribution in [0.25, 0.3) is 10.4 Å². The number of ether oxygens (including phenoxy) is 1. The number of hydrogen-bond acceptors (Lipinski definition) is 9. The zero-order chi connectivity index (χ0) is 30.5. The third kappa shape index (κ3) is 7.45. The summed E-state index contributed by atoms with van der Waals surface area (Å²) in [5.74, 6) is 0.0740. The Hall–Kier alpha value is -3.28. The van der Waals surface area contributed by atoms with E-state index in [4.69, 9.17) is 9.26 Å². The van der Waals surface area contributed by atoms with Gasteiger partial charge in [0.05, 0.1) is 34.8 Å². The Kier molecular flexibility index (Phi) is 10.1. The van der Waals surface area contributed by atoms with Crippen molar-refractivity contribution in [1.82, 2.24) is 25.7 Å². The van der Waals surface area contributed by atoms with Crippen LogP contribution >= 0.6 is 11.3 Å². The number of aliphatic hydroxyl groups excluding tert-OH is 1. The van der Waals surface area contributed by atoms with E-state index in [2.05, 4.69) is 20.8 Å². The molecule has 3 aromatic rings. The van der Waals surface area contributed by atoms with Gasteiger partial charge in [-0.05, 0) is 74.3 Å². The standard InChI is InChI=1S/C32H43N5O5S/c1-19(2)29(27-16-28(36-42-27)41-14-11-22-9-12-33-13-10-22)32(40)37-17-25(38)15-26(37)31(39)35-20(3)23-5-7-24(8-6-23)30-21(4)34-18-43-30/h5-8,16,18-20,22,25-26,29,33,38H,9-15,17H2,1-4H3,(H,35,39)/t20-,25+,26-,29?/m0/s1. The van der Waals surface area contributed by atoms with E-state index in [9.17, 15) is 14.7 Å². The number of carbonyl (C=O) groups excluding carboxylic acids is 2. The fraction of sp³-hybridized carbons (Fsp3) is 0.562. The summed E-state index contributed by atoms with van der Waals surface area (Å²) in [5.41, 5.74) is 4.86. The molecule has 11 heteroatoms. The van der Waals surface area contributed by atoms with Gasteiger partial charge in [0, 0.05) is 19.0 Å². The summed E-state index contributed by atoms with van der Waals surface area (Å²) in [5, 5.41) is 21.0. The molecule has 0 saturated carbocycles. The molecule has 0 bridgehead atoms. The van der Waals surface area contributed by atoms with Gasteiger partial charge in [-0.25, -0.2) is 4.98 Å². The van der Waals surface area contributed by atoms with Gasteiger partial charge in [0.1, 0.15) is 12.0 Å². The minimum absolute atomic E-state index is 0.0885. The Morgan fingerprint density at radius 2 is 1.95 bits per heavy atom. The molecule has 232 valence electrons. The van der Waals surface area contributed by atoms with Crippen LogP contribution in [0.2, 0.25) is 0 Å². The van der Waals surface area contributed by atoms with Crippen molar-refractivity contribution in [2.75, 3.05) is 26.2 Å². The molecular weight excluding hydrogens is 566 g/mol. The van der Waals surface area contributed by atoms with Gasteiger partial charge in [-0.2, -0.15) is 0 Å². The number of amides is 2. The zero-order valence-electron chi connectivity index (χ0n) is 25.4. The van der Waals surface area contributed by atoms with Crippen LogP contribution < -0.4 is 15.4 Å². The van der Waals surface area contributed by atoms with Crippen molar-refractivity contribution in [3.8, 4) is 16.3 Å². The summed E-state index contributed by atoms with van der Waals surface area (Å²) in [6, 6.07) is 8.68. The molecule has 0 radical (unpaired) electrons. The van der Waals surface area contributed by atoms with Crippen molar-refractivity contribution in [3.63, 3.8) is 0 Å². The molecule has 1 aromatic carbocycles. The van der Waals surface area contributed by atoms with Gasteiger partial charge >= 0.3 is 0 Å². The minimum Gasteiger partial charge on any atom is -0.475 e. The third-order valence-corrected chi connectivity index (χ3v) is 9.60. The summed E-state index contributed by atoms with van der Waals surface area (Å²) in [4.78, 5) is 34.3. The van der Waals surface area contributed by atoms with Gasteiger partial charge in [0.25, 0.3) is 5.88 Å². The van der Waals surface area contributed by atoms with Crippen molar-refractivity contribution in [2.24, 2.45) is 11.8 Å². The molecule has 2 saturated heterocycles. The van der Waals surface area contributed by atoms with Crippen LogP contribution in [0.4, 0.5) is 0 Å². The molecule has 2 aromatic heterocycles. The highest BCUT2D eigenvalue weighted by Gasteiger charge is 2.43. The summed E-state index contributed by atoms with van der Waals surface area (Å²) >= 11 is 1.60. The highest BCUT2D eigenvalue weighted by molar-refractivity contribution is 7.13. The second kappa shape index (κ2) is 14.0. The van der Waals surface area contributed by atoms with E-state index in [1.165, 1.54) is 4.90 Å². The van der Waals surface area contributed by atoms with Crippen molar-refractivity contribution >= 4 is 23.2 Å². The largest absolute Gasteiger partial charge is 0.475 e. The van der Waals surface area contributed by atoms with Crippen LogP contribution in [0.1, 0.15) is 75.4 Å². The van der Waals surface area contributed by atoms with Gasteiger partial charge in [-0.3, -0.25) is 9.59 Å². The molecule has 1 unspecified atom stereocenters. The maximum absolute atomic E-state index is 13.9. The Labute approximate surface area is 257 Å². The Balaban J connectivity index is 1.22. The van der Waals surface area contributed by atoms with Crippen LogP contribution in [0.15, 0.2) is 40.4 Å². The molecule has 3 N–H and O–H groups in total. The topological polar surface area (TPSA) is 130 Å². The normalized spacial score (nSPS) is 20.7. The first kappa shape index (κ1) is 31.2. The molecular formula is C32H43N5O5S.